The number of aliphatic hydroxyl groups excluding tert-OH is 2. The third-order valence-electron chi connectivity index (χ3n) is 6.95. The van der Waals surface area contributed by atoms with Crippen molar-refractivity contribution in [1.29, 1.82) is 0 Å². The molecule has 40 heteroatoms. The van der Waals surface area contributed by atoms with Crippen molar-refractivity contribution in [2.45, 2.75) is 67.6 Å². The van der Waals surface area contributed by atoms with Gasteiger partial charge in [-0.2, -0.15) is 109 Å². The lowest BCUT2D eigenvalue weighted by molar-refractivity contribution is -0.193. The molecule has 114 heavy (non-hydrogen) atoms. The second-order valence-corrected chi connectivity index (χ2v) is 31.5. The van der Waals surface area contributed by atoms with Gasteiger partial charge < -0.3 is 90.4 Å². The normalized spacial score (nSPS) is 8.98. The van der Waals surface area contributed by atoms with E-state index in [-0.39, 0.29) is 112 Å². The number of thiocarbonyl (C=S) groups is 2. The maximum Gasteiger partial charge on any atom is 0.508 e. The summed E-state index contributed by atoms with van der Waals surface area (Å²) < 4.78 is 27.6. The van der Waals surface area contributed by atoms with Gasteiger partial charge in [-0.15, -0.1) is 0 Å². The lowest BCUT2D eigenvalue weighted by Gasteiger charge is -2.04. The zero-order chi connectivity index (χ0) is 83.7. The maximum absolute atomic E-state index is 10.8. The minimum absolute atomic E-state index is 0. The van der Waals surface area contributed by atoms with Gasteiger partial charge in [-0.05, 0) is 160 Å². The number of carbonyl (C=O) groups is 4. The van der Waals surface area contributed by atoms with Gasteiger partial charge in [0.2, 0.25) is 0 Å². The van der Waals surface area contributed by atoms with Crippen molar-refractivity contribution in [3.63, 3.8) is 0 Å². The number of methoxy groups -OCH3 is 2. The smallest absolute Gasteiger partial charge is 0.449 e. The molecule has 2 fully saturated rings. The number of rotatable bonds is 16. The van der Waals surface area contributed by atoms with Crippen LogP contribution in [0.25, 0.3) is 0 Å². The first-order chi connectivity index (χ1) is 50.0. The lowest BCUT2D eigenvalue weighted by Crippen LogP contribution is -2.20. The average molecular weight is 1920 g/mol. The van der Waals surface area contributed by atoms with Gasteiger partial charge in [0.05, 0.1) is 14.2 Å². The SMILES string of the molecule is C.C.C.C.C.C.C1CS1.C1CS1.C=C1C=CC(=S)C=C1.C=C1C=CC(=S)C=C1.CN.CN.CNC(=O)OCCSSC.CNC(=O)OCc1ccc(SSC)cc1.CO.CO.COC(=O)OCCSSC.COC(=O)OCc1ccc(SSC)cc1.CSC.CSC.CSC.CSC.O=C=O.O=C=O.O=C=O.O=C=O.[CH3-].[CH3-].[CH3-].[CH3-]. The molecule has 6 rings (SSSR count). The molecule has 2 saturated heterocycles. The highest BCUT2D eigenvalue weighted by atomic mass is 33.1. The highest BCUT2D eigenvalue weighted by Crippen LogP contribution is 2.29. The lowest BCUT2D eigenvalue weighted by atomic mass is 10.1. The number of thioether (sulfide) groups is 6. The van der Waals surface area contributed by atoms with Gasteiger partial charge in [-0.1, -0.05) is 217 Å². The van der Waals surface area contributed by atoms with Crippen molar-refractivity contribution in [1.82, 2.24) is 10.6 Å². The van der Waals surface area contributed by atoms with Crippen LogP contribution in [0.2, 0.25) is 0 Å². The van der Waals surface area contributed by atoms with Crippen LogP contribution in [-0.2, 0) is 80.0 Å². The van der Waals surface area contributed by atoms with E-state index in [1.165, 1.54) is 61.1 Å². The first-order valence-electron chi connectivity index (χ1n) is 28.0. The third kappa shape index (κ3) is 226. The molecule has 2 amide bonds. The van der Waals surface area contributed by atoms with E-state index in [2.05, 4.69) is 49.5 Å². The number of carbonyl (C=O) groups excluding carboxylic acids is 12. The fourth-order valence-electron chi connectivity index (χ4n) is 3.50. The molecule has 2 heterocycles. The van der Waals surface area contributed by atoms with E-state index in [4.69, 9.17) is 87.2 Å². The van der Waals surface area contributed by atoms with E-state index < -0.39 is 18.4 Å². The summed E-state index contributed by atoms with van der Waals surface area (Å²) in [6.07, 6.45) is 38.4. The maximum atomic E-state index is 10.8. The van der Waals surface area contributed by atoms with Crippen LogP contribution in [0.4, 0.5) is 19.2 Å². The predicted molar refractivity (Wildman–Crippen MR) is 534 cm³/mol. The van der Waals surface area contributed by atoms with Crippen LogP contribution in [-0.4, -0.2) is 248 Å². The Balaban J connectivity index is -0.0000000352. The predicted octanol–water partition coefficient (Wildman–Crippen LogP) is 20.5. The number of hydrogen-bond acceptors (Lipinski definition) is 38. The summed E-state index contributed by atoms with van der Waals surface area (Å²) in [6, 6.07) is 15.8. The molecule has 2 aromatic rings. The standard InChI is InChI=1S/C10H13NO2S2.C10H12O3S2.2C7H6S.C5H11NO2S2.C5H10O3S2.2C2H4S.4C2H6S.2CH5N.4CO2.2CH4O.6CH4.4CH3/c1-11-10(12)13-7-8-3-5-9(6-4-8)15-14-2;1-12-10(11)13-7-8-3-5-9(6-4-8)15-14-2;2*1-6-2-4-7(8)5-3-6;1-6-5(7)8-3-4-10-9-2;1-7-5(6)8-3-4-10-9-2;2*1-2-3-1;4*1-3-2;2*1-2;4*2-1-3;2*1-2;;;;;;;;;;/h3-6H,7H2,1-2H3,(H,11,12);3-6H,7H2,1-2H3;2*2-5H,1H2;3-4H2,1-2H3,(H,6,7);3-4H2,1-2H3;2*1-2H2;4*1-2H3;2*2H2,1H3;;;;;2*2H,1H3;6*1H4;4*1H3/q;;;;;;;;;;;;;;;;;;;;;;;;;;4*-1. The third-order valence-corrected chi connectivity index (χ3v) is 15.3. The van der Waals surface area contributed by atoms with Gasteiger partial charge in [0.15, 0.2) is 0 Å². The average Bonchev–Trinajstić information content (AvgIpc) is 1.91. The molecule has 2 aliphatic carbocycles. The Morgan fingerprint density at radius 2 is 0.632 bits per heavy atom. The van der Waals surface area contributed by atoms with Gasteiger partial charge in [-0.25, -0.2) is 19.2 Å². The summed E-state index contributed by atoms with van der Waals surface area (Å²) in [5.74, 6) is 7.31. The molecule has 2 aromatic carbocycles. The zero-order valence-corrected chi connectivity index (χ0v) is 79.7. The largest absolute Gasteiger partial charge is 0.508 e. The Labute approximate surface area is 760 Å². The molecule has 4 aliphatic rings. The molecular formula is C74H144N4O20S16-4. The van der Waals surface area contributed by atoms with E-state index in [9.17, 15) is 19.2 Å². The summed E-state index contributed by atoms with van der Waals surface area (Å²) in [4.78, 5) is 111. The molecule has 680 valence electrons. The van der Waals surface area contributed by atoms with Crippen molar-refractivity contribution in [3.05, 3.63) is 162 Å². The number of alkyl carbamates (subject to hydrolysis) is 2. The zero-order valence-electron chi connectivity index (χ0n) is 66.7. The van der Waals surface area contributed by atoms with Crippen LogP contribution < -0.4 is 22.1 Å². The fourth-order valence-corrected chi connectivity index (χ4v) is 8.52. The van der Waals surface area contributed by atoms with Gasteiger partial charge in [-0.3, -0.25) is 0 Å². The van der Waals surface area contributed by atoms with E-state index in [0.29, 0.717) is 19.8 Å². The summed E-state index contributed by atoms with van der Waals surface area (Å²) in [6.45, 7) is 8.88. The number of nitrogens with two attached hydrogens (primary N) is 2. The Hall–Kier alpha value is -3.60. The molecule has 0 radical (unpaired) electrons. The Kier molecular flexibility index (Phi) is 280. The fraction of sp³-hybridized carbons (Fsp3) is 0.486. The molecule has 2 aliphatic heterocycles. The van der Waals surface area contributed by atoms with Crippen molar-refractivity contribution < 1.29 is 96.2 Å². The van der Waals surface area contributed by atoms with E-state index in [1.54, 1.807) is 147 Å². The molecule has 0 aromatic heterocycles. The summed E-state index contributed by atoms with van der Waals surface area (Å²) in [5.41, 5.74) is 13.0. The number of amides is 2. The van der Waals surface area contributed by atoms with Crippen molar-refractivity contribution in [2.24, 2.45) is 11.5 Å². The molecule has 24 nitrogen and oxygen atoms in total. The highest BCUT2D eigenvalue weighted by molar-refractivity contribution is 8.77. The second-order valence-electron chi connectivity index (χ2n) is 14.5. The van der Waals surface area contributed by atoms with Crippen LogP contribution in [0.15, 0.2) is 131 Å². The number of hydrogen-bond donors (Lipinski definition) is 6. The minimum Gasteiger partial charge on any atom is -0.449 e. The van der Waals surface area contributed by atoms with E-state index >= 15 is 0 Å². The van der Waals surface area contributed by atoms with E-state index in [1.807, 2.05) is 196 Å². The molecule has 0 atom stereocenters. The molecule has 0 saturated carbocycles. The van der Waals surface area contributed by atoms with Gasteiger partial charge in [0.1, 0.15) is 26.4 Å². The Morgan fingerprint density at radius 3 is 0.825 bits per heavy atom. The topological polar surface area (TPSA) is 377 Å². The first kappa shape index (κ1) is 177. The minimum atomic E-state index is -0.655. The van der Waals surface area contributed by atoms with Crippen molar-refractivity contribution in [3.8, 4) is 0 Å². The summed E-state index contributed by atoms with van der Waals surface area (Å²) in [5, 5.41) is 18.8. The van der Waals surface area contributed by atoms with Crippen LogP contribution in [0.5, 0.6) is 0 Å². The summed E-state index contributed by atoms with van der Waals surface area (Å²) in [7, 11) is 24.1. The molecule has 0 bridgehead atoms. The molecule has 8 N–H and O–H groups in total. The number of aliphatic hydroxyl groups is 2. The van der Waals surface area contributed by atoms with Crippen LogP contribution in [0, 0.1) is 29.7 Å². The van der Waals surface area contributed by atoms with Crippen LogP contribution in [0.3, 0.4) is 0 Å². The van der Waals surface area contributed by atoms with E-state index in [0.717, 1.165) is 57.7 Å². The van der Waals surface area contributed by atoms with Crippen LogP contribution >= 0.6 is 181 Å². The van der Waals surface area contributed by atoms with Crippen LogP contribution in [0.1, 0.15) is 55.7 Å². The van der Waals surface area contributed by atoms with Gasteiger partial charge >= 0.3 is 49.1 Å². The molecule has 0 unspecified atom stereocenters. The highest BCUT2D eigenvalue weighted by Gasteiger charge is 2.03. The number of ether oxygens (including phenoxy) is 6. The van der Waals surface area contributed by atoms with Crippen molar-refractivity contribution >= 4 is 240 Å². The van der Waals surface area contributed by atoms with Gasteiger partial charge in [0, 0.05) is 82.4 Å². The first-order valence-corrected chi connectivity index (χ1v) is 48.2. The molecular weight excluding hydrogens is 1780 g/mol. The van der Waals surface area contributed by atoms with Gasteiger partial charge in [0.25, 0.3) is 0 Å². The second kappa shape index (κ2) is 180. The number of benzene rings is 2. The molecule has 0 spiro atoms. The number of nitrogens with one attached hydrogen (secondary N) is 2. The monoisotopic (exact) mass is 1920 g/mol. The number of allylic oxidation sites excluding steroid dienone is 10. The Morgan fingerprint density at radius 1 is 0.421 bits per heavy atom. The quantitative estimate of drug-likeness (QED) is 0.0173. The Bertz CT molecular complexity index is 2200. The summed E-state index contributed by atoms with van der Waals surface area (Å²) >= 11 is 20.7. The van der Waals surface area contributed by atoms with Crippen molar-refractivity contribution in [2.75, 3.05) is 179 Å².